The third-order valence-corrected chi connectivity index (χ3v) is 6.70. The minimum Gasteiger partial charge on any atom is -0.459 e. The van der Waals surface area contributed by atoms with Crippen LogP contribution in [-0.2, 0) is 6.18 Å². The molecule has 0 saturated carbocycles. The Kier molecular flexibility index (Phi) is 10.6. The molecular formula is C28H20BrF3N6O3S2. The molecule has 2 heterocycles. The summed E-state index contributed by atoms with van der Waals surface area (Å²) in [6, 6.07) is 22.9. The second-order valence-corrected chi connectivity index (χ2v) is 10.3. The van der Waals surface area contributed by atoms with Gasteiger partial charge in [-0.25, -0.2) is 0 Å². The van der Waals surface area contributed by atoms with Crippen LogP contribution in [0.4, 0.5) is 35.9 Å². The summed E-state index contributed by atoms with van der Waals surface area (Å²) >= 11 is 9.11. The highest BCUT2D eigenvalue weighted by atomic mass is 79.9. The van der Waals surface area contributed by atoms with Crippen molar-refractivity contribution in [2.45, 2.75) is 6.18 Å². The number of hydrogen-bond donors (Lipinski definition) is 4. The first-order valence-corrected chi connectivity index (χ1v) is 14.2. The molecule has 5 rings (SSSR count). The first kappa shape index (κ1) is 31.3. The van der Waals surface area contributed by atoms with E-state index in [1.807, 2.05) is 30.3 Å². The minimum atomic E-state index is -4.49. The molecule has 0 aliphatic heterocycles. The average Bonchev–Trinajstić information content (AvgIpc) is 3.71. The number of nitrogens with one attached hydrogen (secondary N) is 4. The molecule has 15 heteroatoms. The molecule has 0 spiro atoms. The van der Waals surface area contributed by atoms with E-state index in [0.29, 0.717) is 17.1 Å². The Labute approximate surface area is 260 Å². The lowest BCUT2D eigenvalue weighted by molar-refractivity contribution is -0.138. The van der Waals surface area contributed by atoms with E-state index in [0.717, 1.165) is 23.3 Å². The molecular weight excluding hydrogens is 669 g/mol. The van der Waals surface area contributed by atoms with Gasteiger partial charge >= 0.3 is 6.18 Å². The van der Waals surface area contributed by atoms with Gasteiger partial charge in [0.1, 0.15) is 0 Å². The van der Waals surface area contributed by atoms with Crippen LogP contribution >= 0.6 is 39.7 Å². The van der Waals surface area contributed by atoms with Crippen molar-refractivity contribution in [1.29, 1.82) is 0 Å². The molecule has 220 valence electrons. The SMILES string of the molecule is O=C(Nc1ccc(NC(=S)Nc2ccc(Br)c(C(F)(F)F)c2)cc1)c1csnn1.O=C(Nc1ccccc1)c1ccco1. The monoisotopic (exact) mass is 688 g/mol. The van der Waals surface area contributed by atoms with Crippen molar-refractivity contribution in [2.24, 2.45) is 0 Å². The Morgan fingerprint density at radius 3 is 2.00 bits per heavy atom. The van der Waals surface area contributed by atoms with Crippen LogP contribution in [0.2, 0.25) is 0 Å². The lowest BCUT2D eigenvalue weighted by Crippen LogP contribution is -2.19. The first-order valence-electron chi connectivity index (χ1n) is 12.1. The van der Waals surface area contributed by atoms with E-state index in [2.05, 4.69) is 46.8 Å². The predicted molar refractivity (Wildman–Crippen MR) is 166 cm³/mol. The van der Waals surface area contributed by atoms with Crippen LogP contribution in [0.15, 0.2) is 105 Å². The van der Waals surface area contributed by atoms with Gasteiger partial charge in [0.15, 0.2) is 16.6 Å². The van der Waals surface area contributed by atoms with Gasteiger partial charge in [0.25, 0.3) is 11.8 Å². The van der Waals surface area contributed by atoms with Gasteiger partial charge in [0, 0.05) is 32.6 Å². The van der Waals surface area contributed by atoms with Crippen molar-refractivity contribution in [3.8, 4) is 0 Å². The molecule has 0 atom stereocenters. The van der Waals surface area contributed by atoms with Crippen LogP contribution in [0.25, 0.3) is 0 Å². The molecule has 0 aliphatic carbocycles. The van der Waals surface area contributed by atoms with Gasteiger partial charge in [-0.1, -0.05) is 38.6 Å². The average molecular weight is 690 g/mol. The largest absolute Gasteiger partial charge is 0.459 e. The number of alkyl halides is 3. The minimum absolute atomic E-state index is 0.0551. The lowest BCUT2D eigenvalue weighted by atomic mass is 10.2. The Bertz CT molecular complexity index is 1670. The van der Waals surface area contributed by atoms with Crippen LogP contribution < -0.4 is 21.3 Å². The Morgan fingerprint density at radius 2 is 1.40 bits per heavy atom. The maximum absolute atomic E-state index is 13.0. The number of anilines is 4. The molecule has 4 N–H and O–H groups in total. The fraction of sp³-hybridized carbons (Fsp3) is 0.0357. The molecule has 0 aliphatic rings. The second-order valence-electron chi connectivity index (χ2n) is 8.39. The van der Waals surface area contributed by atoms with Crippen molar-refractivity contribution < 1.29 is 27.2 Å². The Balaban J connectivity index is 0.000000251. The van der Waals surface area contributed by atoms with Crippen LogP contribution in [0.5, 0.6) is 0 Å². The van der Waals surface area contributed by atoms with Crippen molar-refractivity contribution in [3.63, 3.8) is 0 Å². The standard InChI is InChI=1S/C17H11BrF3N5OS2.C11H9NO2/c18-13-6-5-11(7-12(13)17(19,20)21)24-16(28)23-10-3-1-9(2-4-10)22-15(27)14-8-29-26-25-14;13-11(10-7-4-8-14-10)12-9-5-2-1-3-6-9/h1-8H,(H,22,27)(H2,23,24,28);1-8H,(H,12,13). The summed E-state index contributed by atoms with van der Waals surface area (Å²) in [5, 5.41) is 16.3. The van der Waals surface area contributed by atoms with E-state index >= 15 is 0 Å². The number of thiocarbonyl (C=S) groups is 1. The summed E-state index contributed by atoms with van der Waals surface area (Å²) < 4.78 is 47.5. The normalized spacial score (nSPS) is 10.6. The van der Waals surface area contributed by atoms with Crippen LogP contribution in [0.3, 0.4) is 0 Å². The summed E-state index contributed by atoms with van der Waals surface area (Å²) in [4.78, 5) is 23.4. The van der Waals surface area contributed by atoms with Crippen molar-refractivity contribution in [2.75, 3.05) is 21.3 Å². The maximum Gasteiger partial charge on any atom is 0.417 e. The van der Waals surface area contributed by atoms with Crippen LogP contribution in [-0.4, -0.2) is 26.5 Å². The number of rotatable bonds is 6. The van der Waals surface area contributed by atoms with E-state index in [-0.39, 0.29) is 32.8 Å². The highest BCUT2D eigenvalue weighted by Crippen LogP contribution is 2.36. The number of halogens is 4. The third kappa shape index (κ3) is 9.46. The number of amides is 2. The van der Waals surface area contributed by atoms with Gasteiger partial charge in [-0.2, -0.15) is 13.2 Å². The summed E-state index contributed by atoms with van der Waals surface area (Å²) in [7, 11) is 0. The molecule has 2 amide bonds. The number of carbonyl (C=O) groups excluding carboxylic acids is 2. The zero-order valence-corrected chi connectivity index (χ0v) is 24.9. The summed E-state index contributed by atoms with van der Waals surface area (Å²) in [6.07, 6.45) is -3.01. The second kappa shape index (κ2) is 14.5. The highest BCUT2D eigenvalue weighted by molar-refractivity contribution is 9.10. The Hall–Kier alpha value is -4.60. The number of aromatic nitrogens is 2. The molecule has 43 heavy (non-hydrogen) atoms. The summed E-state index contributed by atoms with van der Waals surface area (Å²) in [5.41, 5.74) is 1.49. The molecule has 2 aromatic heterocycles. The van der Waals surface area contributed by atoms with Crippen molar-refractivity contribution >= 4 is 79.4 Å². The first-order chi connectivity index (χ1) is 20.6. The zero-order chi connectivity index (χ0) is 30.8. The molecule has 0 saturated heterocycles. The van der Waals surface area contributed by atoms with Crippen molar-refractivity contribution in [1.82, 2.24) is 9.59 Å². The van der Waals surface area contributed by atoms with E-state index in [9.17, 15) is 22.8 Å². The van der Waals surface area contributed by atoms with Crippen LogP contribution in [0, 0.1) is 0 Å². The predicted octanol–water partition coefficient (Wildman–Crippen LogP) is 7.91. The van der Waals surface area contributed by atoms with E-state index in [4.69, 9.17) is 16.6 Å². The number of hydrogen-bond acceptors (Lipinski definition) is 7. The fourth-order valence-corrected chi connectivity index (χ4v) is 4.47. The molecule has 0 fully saturated rings. The quantitative estimate of drug-likeness (QED) is 0.133. The number of carbonyl (C=O) groups is 2. The fourth-order valence-electron chi connectivity index (χ4n) is 3.33. The van der Waals surface area contributed by atoms with Gasteiger partial charge < -0.3 is 25.7 Å². The number of nitrogens with zero attached hydrogens (tertiary/aromatic N) is 2. The highest BCUT2D eigenvalue weighted by Gasteiger charge is 2.33. The molecule has 0 bridgehead atoms. The summed E-state index contributed by atoms with van der Waals surface area (Å²) in [5.74, 6) is -0.303. The van der Waals surface area contributed by atoms with E-state index in [1.165, 1.54) is 23.8 Å². The van der Waals surface area contributed by atoms with Gasteiger partial charge in [-0.3, -0.25) is 9.59 Å². The summed E-state index contributed by atoms with van der Waals surface area (Å²) in [6.45, 7) is 0. The number of benzene rings is 3. The molecule has 3 aromatic carbocycles. The molecule has 5 aromatic rings. The van der Waals surface area contributed by atoms with E-state index in [1.54, 1.807) is 36.4 Å². The van der Waals surface area contributed by atoms with Gasteiger partial charge in [-0.15, -0.1) is 5.10 Å². The number of para-hydroxylation sites is 1. The molecule has 0 radical (unpaired) electrons. The zero-order valence-electron chi connectivity index (χ0n) is 21.7. The van der Waals surface area contributed by atoms with Crippen molar-refractivity contribution in [3.05, 3.63) is 118 Å². The van der Waals surface area contributed by atoms with Gasteiger partial charge in [-0.05, 0) is 90.5 Å². The molecule has 0 unspecified atom stereocenters. The topological polar surface area (TPSA) is 121 Å². The van der Waals surface area contributed by atoms with Gasteiger partial charge in [0.05, 0.1) is 11.8 Å². The van der Waals surface area contributed by atoms with Crippen LogP contribution in [0.1, 0.15) is 26.6 Å². The number of furan rings is 1. The Morgan fingerprint density at radius 1 is 0.791 bits per heavy atom. The third-order valence-electron chi connectivity index (χ3n) is 5.30. The smallest absolute Gasteiger partial charge is 0.417 e. The maximum atomic E-state index is 13.0. The van der Waals surface area contributed by atoms with E-state index < -0.39 is 11.7 Å². The lowest BCUT2D eigenvalue weighted by Gasteiger charge is -2.14. The molecule has 9 nitrogen and oxygen atoms in total. The van der Waals surface area contributed by atoms with Gasteiger partial charge in [0.2, 0.25) is 0 Å².